The summed E-state index contributed by atoms with van der Waals surface area (Å²) in [5, 5.41) is 7.88. The molecule has 2 aromatic rings. The maximum absolute atomic E-state index is 13.8. The van der Waals surface area contributed by atoms with Crippen LogP contribution in [-0.4, -0.2) is 16.8 Å². The molecule has 1 aromatic carbocycles. The highest BCUT2D eigenvalue weighted by atomic mass is 19.1. The fourth-order valence-corrected chi connectivity index (χ4v) is 2.71. The Morgan fingerprint density at radius 2 is 2.00 bits per heavy atom. The molecule has 4 heteroatoms. The minimum absolute atomic E-state index is 0.178. The highest BCUT2D eigenvalue weighted by Gasteiger charge is 2.18. The second-order valence-electron chi connectivity index (χ2n) is 5.08. The molecule has 1 atom stereocenters. The summed E-state index contributed by atoms with van der Waals surface area (Å²) in [5.41, 5.74) is 4.01. The molecule has 0 bridgehead atoms. The molecule has 3 nitrogen and oxygen atoms in total. The average Bonchev–Trinajstić information content (AvgIpc) is 2.71. The molecule has 2 rings (SSSR count). The van der Waals surface area contributed by atoms with Crippen molar-refractivity contribution in [3.63, 3.8) is 0 Å². The van der Waals surface area contributed by atoms with Crippen LogP contribution < -0.4 is 5.32 Å². The van der Waals surface area contributed by atoms with Crippen molar-refractivity contribution in [2.75, 3.05) is 7.05 Å². The fourth-order valence-electron chi connectivity index (χ4n) is 2.71. The van der Waals surface area contributed by atoms with Gasteiger partial charge in [-0.25, -0.2) is 4.39 Å². The SMILES string of the molecule is CCC(NC)c1c(C)nn(Cc2ccccc2F)c1C. The molecule has 1 aromatic heterocycles. The number of halogens is 1. The van der Waals surface area contributed by atoms with Gasteiger partial charge in [-0.1, -0.05) is 25.1 Å². The monoisotopic (exact) mass is 275 g/mol. The van der Waals surface area contributed by atoms with Crippen LogP contribution in [0.2, 0.25) is 0 Å². The fraction of sp³-hybridized carbons (Fsp3) is 0.438. The van der Waals surface area contributed by atoms with Crippen LogP contribution in [0.3, 0.4) is 0 Å². The van der Waals surface area contributed by atoms with Crippen molar-refractivity contribution in [2.24, 2.45) is 0 Å². The molecule has 0 spiro atoms. The highest BCUT2D eigenvalue weighted by molar-refractivity contribution is 5.29. The molecule has 1 heterocycles. The maximum atomic E-state index is 13.8. The predicted molar refractivity (Wildman–Crippen MR) is 79.3 cm³/mol. The zero-order valence-corrected chi connectivity index (χ0v) is 12.6. The van der Waals surface area contributed by atoms with Crippen molar-refractivity contribution in [3.05, 3.63) is 52.6 Å². The standard InChI is InChI=1S/C16H22FN3/c1-5-15(18-4)16-11(2)19-20(12(16)3)10-13-8-6-7-9-14(13)17/h6-9,15,18H,5,10H2,1-4H3. The minimum Gasteiger partial charge on any atom is -0.313 e. The summed E-state index contributed by atoms with van der Waals surface area (Å²) < 4.78 is 15.6. The summed E-state index contributed by atoms with van der Waals surface area (Å²) in [7, 11) is 1.96. The van der Waals surface area contributed by atoms with Crippen molar-refractivity contribution in [2.45, 2.75) is 39.8 Å². The van der Waals surface area contributed by atoms with Gasteiger partial charge in [-0.15, -0.1) is 0 Å². The molecular formula is C16H22FN3. The van der Waals surface area contributed by atoms with E-state index in [2.05, 4.69) is 24.3 Å². The number of hydrogen-bond donors (Lipinski definition) is 1. The molecule has 0 saturated carbocycles. The topological polar surface area (TPSA) is 29.9 Å². The zero-order valence-electron chi connectivity index (χ0n) is 12.6. The van der Waals surface area contributed by atoms with Crippen molar-refractivity contribution >= 4 is 0 Å². The number of benzene rings is 1. The van der Waals surface area contributed by atoms with Crippen LogP contribution in [0.4, 0.5) is 4.39 Å². The Morgan fingerprint density at radius 3 is 2.60 bits per heavy atom. The second-order valence-corrected chi connectivity index (χ2v) is 5.08. The van der Waals surface area contributed by atoms with E-state index in [0.717, 1.165) is 17.8 Å². The van der Waals surface area contributed by atoms with E-state index < -0.39 is 0 Å². The van der Waals surface area contributed by atoms with Gasteiger partial charge in [0.25, 0.3) is 0 Å². The summed E-state index contributed by atoms with van der Waals surface area (Å²) in [5.74, 6) is -0.178. The van der Waals surface area contributed by atoms with E-state index in [4.69, 9.17) is 0 Å². The summed E-state index contributed by atoms with van der Waals surface area (Å²) in [4.78, 5) is 0. The third kappa shape index (κ3) is 2.75. The normalized spacial score (nSPS) is 12.7. The quantitative estimate of drug-likeness (QED) is 0.907. The van der Waals surface area contributed by atoms with Crippen molar-refractivity contribution in [3.8, 4) is 0 Å². The van der Waals surface area contributed by atoms with Crippen molar-refractivity contribution < 1.29 is 4.39 Å². The van der Waals surface area contributed by atoms with Gasteiger partial charge in [-0.2, -0.15) is 5.10 Å². The lowest BCUT2D eigenvalue weighted by Crippen LogP contribution is -2.17. The number of aryl methyl sites for hydroxylation is 1. The van der Waals surface area contributed by atoms with E-state index in [0.29, 0.717) is 18.2 Å². The van der Waals surface area contributed by atoms with Gasteiger partial charge < -0.3 is 5.32 Å². The molecule has 0 aliphatic heterocycles. The van der Waals surface area contributed by atoms with Gasteiger partial charge in [-0.05, 0) is 33.4 Å². The van der Waals surface area contributed by atoms with Gasteiger partial charge in [-0.3, -0.25) is 4.68 Å². The molecular weight excluding hydrogens is 253 g/mol. The van der Waals surface area contributed by atoms with E-state index in [1.165, 1.54) is 11.6 Å². The Kier molecular flexibility index (Phi) is 4.55. The van der Waals surface area contributed by atoms with E-state index in [1.54, 1.807) is 12.1 Å². The van der Waals surface area contributed by atoms with Crippen LogP contribution in [0.15, 0.2) is 24.3 Å². The first-order valence-electron chi connectivity index (χ1n) is 7.03. The number of hydrogen-bond acceptors (Lipinski definition) is 2. The number of aromatic nitrogens is 2. The van der Waals surface area contributed by atoms with Crippen LogP contribution in [-0.2, 0) is 6.54 Å². The molecule has 0 saturated heterocycles. The molecule has 0 aliphatic rings. The zero-order chi connectivity index (χ0) is 14.7. The molecule has 0 radical (unpaired) electrons. The van der Waals surface area contributed by atoms with Gasteiger partial charge in [0.05, 0.1) is 12.2 Å². The summed E-state index contributed by atoms with van der Waals surface area (Å²) in [6.07, 6.45) is 1.00. The van der Waals surface area contributed by atoms with E-state index >= 15 is 0 Å². The first-order chi connectivity index (χ1) is 9.58. The maximum Gasteiger partial charge on any atom is 0.128 e. The number of rotatable bonds is 5. The Hall–Kier alpha value is -1.68. The third-order valence-electron chi connectivity index (χ3n) is 3.82. The molecule has 20 heavy (non-hydrogen) atoms. The largest absolute Gasteiger partial charge is 0.313 e. The molecule has 0 fully saturated rings. The second kappa shape index (κ2) is 6.18. The van der Waals surface area contributed by atoms with Crippen LogP contribution >= 0.6 is 0 Å². The lowest BCUT2D eigenvalue weighted by Gasteiger charge is -2.15. The minimum atomic E-state index is -0.178. The Morgan fingerprint density at radius 1 is 1.30 bits per heavy atom. The molecule has 0 amide bonds. The third-order valence-corrected chi connectivity index (χ3v) is 3.82. The van der Waals surface area contributed by atoms with E-state index in [-0.39, 0.29) is 5.82 Å². The lowest BCUT2D eigenvalue weighted by atomic mass is 10.0. The van der Waals surface area contributed by atoms with Crippen molar-refractivity contribution in [1.82, 2.24) is 15.1 Å². The number of nitrogens with zero attached hydrogens (tertiary/aromatic N) is 2. The van der Waals surface area contributed by atoms with Crippen LogP contribution in [0.1, 0.15) is 41.9 Å². The Balaban J connectivity index is 2.35. The van der Waals surface area contributed by atoms with Gasteiger partial charge in [0.1, 0.15) is 5.82 Å². The smallest absolute Gasteiger partial charge is 0.128 e. The molecule has 108 valence electrons. The first kappa shape index (κ1) is 14.7. The molecule has 1 N–H and O–H groups in total. The summed E-state index contributed by atoms with van der Waals surface area (Å²) in [6, 6.07) is 7.16. The van der Waals surface area contributed by atoms with Gasteiger partial charge >= 0.3 is 0 Å². The van der Waals surface area contributed by atoms with Gasteiger partial charge in [0.15, 0.2) is 0 Å². The van der Waals surface area contributed by atoms with Crippen LogP contribution in [0.25, 0.3) is 0 Å². The Labute approximate surface area is 119 Å². The van der Waals surface area contributed by atoms with Gasteiger partial charge in [0.2, 0.25) is 0 Å². The van der Waals surface area contributed by atoms with Crippen molar-refractivity contribution in [1.29, 1.82) is 0 Å². The molecule has 1 unspecified atom stereocenters. The summed E-state index contributed by atoms with van der Waals surface area (Å²) in [6.45, 7) is 6.68. The predicted octanol–water partition coefficient (Wildman–Crippen LogP) is 3.36. The average molecular weight is 275 g/mol. The first-order valence-corrected chi connectivity index (χ1v) is 7.03. The molecule has 0 aliphatic carbocycles. The van der Waals surface area contributed by atoms with E-state index in [9.17, 15) is 4.39 Å². The van der Waals surface area contributed by atoms with Gasteiger partial charge in [0, 0.05) is 22.9 Å². The van der Waals surface area contributed by atoms with Crippen LogP contribution in [0, 0.1) is 19.7 Å². The lowest BCUT2D eigenvalue weighted by molar-refractivity contribution is 0.563. The number of nitrogens with one attached hydrogen (secondary N) is 1. The Bertz CT molecular complexity index is 585. The summed E-state index contributed by atoms with van der Waals surface area (Å²) >= 11 is 0. The highest BCUT2D eigenvalue weighted by Crippen LogP contribution is 2.24. The van der Waals surface area contributed by atoms with E-state index in [1.807, 2.05) is 24.7 Å². The van der Waals surface area contributed by atoms with Crippen LogP contribution in [0.5, 0.6) is 0 Å².